The van der Waals surface area contributed by atoms with Crippen LogP contribution in [-0.4, -0.2) is 44.1 Å². The summed E-state index contributed by atoms with van der Waals surface area (Å²) in [6, 6.07) is 19.5. The standard InChI is InChI=1S/C23H20N3.C8H10N2O2.Ir/c1-4-25-13-20-21(14-25)26-16(3)12-24-23(26)19-11-7-10-18(22(19)20)17-9-6-5-8-15(17)2;1-10(2)6-3-4-9-7(5-6)8(11)12;/h5-10,12-14H,4H2,1-3H3;3-5H,1-2H3,(H,11,12);/q-1;;. The average Bonchev–Trinajstić information content (AvgIpc) is 3.53. The molecule has 0 atom stereocenters. The molecule has 0 unspecified atom stereocenters. The van der Waals surface area contributed by atoms with Gasteiger partial charge >= 0.3 is 5.97 Å². The molecule has 0 bridgehead atoms. The van der Waals surface area contributed by atoms with Gasteiger partial charge in [-0.1, -0.05) is 40.6 Å². The summed E-state index contributed by atoms with van der Waals surface area (Å²) in [6.45, 7) is 7.40. The van der Waals surface area contributed by atoms with Gasteiger partial charge in [-0.25, -0.2) is 9.78 Å². The number of hydrogen-bond donors (Lipinski definition) is 1. The van der Waals surface area contributed by atoms with Crippen LogP contribution in [0.5, 0.6) is 0 Å². The molecule has 6 rings (SSSR count). The number of benzene rings is 2. The van der Waals surface area contributed by atoms with E-state index in [-0.39, 0.29) is 25.8 Å². The Kier molecular flexibility index (Phi) is 8.19. The van der Waals surface area contributed by atoms with E-state index in [4.69, 9.17) is 10.1 Å². The number of aryl methyl sites for hydroxylation is 3. The number of nitrogens with zero attached hydrogens (tertiary/aromatic N) is 5. The predicted molar refractivity (Wildman–Crippen MR) is 153 cm³/mol. The minimum atomic E-state index is -1.00. The number of hydrogen-bond acceptors (Lipinski definition) is 4. The Hall–Kier alpha value is -4.00. The molecule has 1 N–H and O–H groups in total. The fourth-order valence-electron chi connectivity index (χ4n) is 4.84. The molecule has 0 amide bonds. The van der Waals surface area contributed by atoms with Crippen molar-refractivity contribution in [1.29, 1.82) is 0 Å². The van der Waals surface area contributed by atoms with Crippen LogP contribution in [0.1, 0.15) is 28.7 Å². The Morgan fingerprint density at radius 2 is 1.82 bits per heavy atom. The Morgan fingerprint density at radius 3 is 2.51 bits per heavy atom. The second-order valence-electron chi connectivity index (χ2n) is 9.50. The number of carboxylic acids is 1. The third-order valence-corrected chi connectivity index (χ3v) is 6.81. The maximum atomic E-state index is 10.5. The van der Waals surface area contributed by atoms with Crippen molar-refractivity contribution in [3.05, 3.63) is 96.3 Å². The van der Waals surface area contributed by atoms with E-state index in [0.717, 1.165) is 29.0 Å². The summed E-state index contributed by atoms with van der Waals surface area (Å²) in [7, 11) is 3.70. The second kappa shape index (κ2) is 11.4. The number of anilines is 1. The van der Waals surface area contributed by atoms with Gasteiger partial charge in [0.15, 0.2) is 0 Å². The fourth-order valence-corrected chi connectivity index (χ4v) is 4.84. The first kappa shape index (κ1) is 28.0. The van der Waals surface area contributed by atoms with Crippen molar-refractivity contribution in [3.8, 4) is 11.1 Å². The van der Waals surface area contributed by atoms with E-state index in [1.54, 1.807) is 6.07 Å². The molecule has 1 radical (unpaired) electrons. The maximum absolute atomic E-state index is 10.5. The topological polar surface area (TPSA) is 75.7 Å². The van der Waals surface area contributed by atoms with Crippen molar-refractivity contribution in [2.24, 2.45) is 0 Å². The molecule has 0 aliphatic rings. The van der Waals surface area contributed by atoms with Crippen LogP contribution < -0.4 is 4.90 Å². The molecule has 0 fully saturated rings. The van der Waals surface area contributed by atoms with E-state index in [1.807, 2.05) is 31.3 Å². The molecule has 6 aromatic rings. The first-order valence-corrected chi connectivity index (χ1v) is 12.5. The van der Waals surface area contributed by atoms with Crippen LogP contribution in [0.15, 0.2) is 73.3 Å². The number of rotatable bonds is 4. The van der Waals surface area contributed by atoms with Gasteiger partial charge in [-0.15, -0.1) is 18.2 Å². The summed E-state index contributed by atoms with van der Waals surface area (Å²) in [5.41, 5.74) is 8.04. The number of fused-ring (bicyclic) bond motifs is 6. The molecule has 0 saturated heterocycles. The molecule has 0 aliphatic carbocycles. The Morgan fingerprint density at radius 1 is 1.05 bits per heavy atom. The maximum Gasteiger partial charge on any atom is 0.354 e. The monoisotopic (exact) mass is 697 g/mol. The van der Waals surface area contributed by atoms with E-state index < -0.39 is 5.97 Å². The van der Waals surface area contributed by atoms with E-state index in [0.29, 0.717) is 0 Å². The summed E-state index contributed by atoms with van der Waals surface area (Å²) >= 11 is 0. The van der Waals surface area contributed by atoms with Gasteiger partial charge in [0, 0.05) is 76.9 Å². The van der Waals surface area contributed by atoms with Crippen molar-refractivity contribution >= 4 is 39.0 Å². The van der Waals surface area contributed by atoms with Gasteiger partial charge in [0.25, 0.3) is 0 Å². The smallest absolute Gasteiger partial charge is 0.354 e. The SMILES string of the molecule is CCn1cc2c3c(-c4ccccc4C)cc[c-]c3c3ncc(C)n3c2c1.CN(C)c1ccnc(C(=O)O)c1.[Ir]. The minimum Gasteiger partial charge on any atom is -0.477 e. The van der Waals surface area contributed by atoms with E-state index in [9.17, 15) is 4.79 Å². The van der Waals surface area contributed by atoms with Crippen LogP contribution in [0.4, 0.5) is 5.69 Å². The number of imidazole rings is 1. The molecular formula is C31H30IrN5O2-. The number of aromatic nitrogens is 4. The zero-order valence-electron chi connectivity index (χ0n) is 22.6. The summed E-state index contributed by atoms with van der Waals surface area (Å²) in [6.07, 6.45) is 7.92. The minimum absolute atomic E-state index is 0. The van der Waals surface area contributed by atoms with Gasteiger partial charge in [0.2, 0.25) is 0 Å². The Bertz CT molecular complexity index is 1800. The average molecular weight is 697 g/mol. The molecule has 7 nitrogen and oxygen atoms in total. The second-order valence-corrected chi connectivity index (χ2v) is 9.50. The summed E-state index contributed by atoms with van der Waals surface area (Å²) < 4.78 is 4.50. The van der Waals surface area contributed by atoms with Crippen LogP contribution in [0.25, 0.3) is 38.4 Å². The molecule has 8 heteroatoms. The number of aromatic carboxylic acids is 1. The van der Waals surface area contributed by atoms with Crippen molar-refractivity contribution < 1.29 is 30.0 Å². The first-order valence-electron chi connectivity index (χ1n) is 12.5. The van der Waals surface area contributed by atoms with Crippen molar-refractivity contribution in [1.82, 2.24) is 18.9 Å². The fraction of sp³-hybridized carbons (Fsp3) is 0.194. The summed E-state index contributed by atoms with van der Waals surface area (Å²) in [5.74, 6) is -1.00. The first-order chi connectivity index (χ1) is 18.3. The molecule has 0 saturated carbocycles. The van der Waals surface area contributed by atoms with Gasteiger partial charge < -0.3 is 19.0 Å². The van der Waals surface area contributed by atoms with Gasteiger partial charge in [-0.3, -0.25) is 4.98 Å². The number of carbonyl (C=O) groups is 1. The zero-order chi connectivity index (χ0) is 27.0. The molecule has 4 heterocycles. The Balaban J connectivity index is 0.000000231. The van der Waals surface area contributed by atoms with Crippen LogP contribution in [0, 0.1) is 19.9 Å². The van der Waals surface area contributed by atoms with Crippen molar-refractivity contribution in [2.75, 3.05) is 19.0 Å². The number of pyridine rings is 2. The quantitative estimate of drug-likeness (QED) is 0.217. The summed E-state index contributed by atoms with van der Waals surface area (Å²) in [5, 5.41) is 12.2. The van der Waals surface area contributed by atoms with E-state index >= 15 is 0 Å². The van der Waals surface area contributed by atoms with Crippen LogP contribution in [-0.2, 0) is 26.7 Å². The molecule has 39 heavy (non-hydrogen) atoms. The predicted octanol–water partition coefficient (Wildman–Crippen LogP) is 6.39. The van der Waals surface area contributed by atoms with Crippen molar-refractivity contribution in [3.63, 3.8) is 0 Å². The molecule has 0 aliphatic heterocycles. The normalized spacial score (nSPS) is 10.8. The van der Waals surface area contributed by atoms with Gasteiger partial charge in [-0.2, -0.15) is 0 Å². The molecule has 201 valence electrons. The third-order valence-electron chi connectivity index (χ3n) is 6.81. The molecular weight excluding hydrogens is 667 g/mol. The molecule has 4 aromatic heterocycles. The molecule has 0 spiro atoms. The summed E-state index contributed by atoms with van der Waals surface area (Å²) in [4.78, 5) is 20.7. The zero-order valence-corrected chi connectivity index (χ0v) is 25.0. The number of carboxylic acid groups (broad SMARTS) is 1. The van der Waals surface area contributed by atoms with Crippen LogP contribution in [0.3, 0.4) is 0 Å². The largest absolute Gasteiger partial charge is 0.477 e. The van der Waals surface area contributed by atoms with E-state index in [1.165, 1.54) is 45.2 Å². The molecule has 2 aromatic carbocycles. The van der Waals surface area contributed by atoms with Gasteiger partial charge in [0.1, 0.15) is 5.69 Å². The third kappa shape index (κ3) is 5.18. The van der Waals surface area contributed by atoms with Gasteiger partial charge in [0.05, 0.1) is 11.2 Å². The Labute approximate surface area is 241 Å². The van der Waals surface area contributed by atoms with Crippen molar-refractivity contribution in [2.45, 2.75) is 27.3 Å². The van der Waals surface area contributed by atoms with Crippen LogP contribution in [0.2, 0.25) is 0 Å². The van der Waals surface area contributed by atoms with Gasteiger partial charge in [-0.05, 0) is 49.4 Å². The van der Waals surface area contributed by atoms with E-state index in [2.05, 4.69) is 83.5 Å². The van der Waals surface area contributed by atoms with Crippen LogP contribution >= 0.6 is 0 Å².